The molecule has 1 saturated carbocycles. The molecule has 0 saturated heterocycles. The lowest BCUT2D eigenvalue weighted by Gasteiger charge is -2.15. The quantitative estimate of drug-likeness (QED) is 0.858. The first-order valence-electron chi connectivity index (χ1n) is 5.89. The molecule has 18 heavy (non-hydrogen) atoms. The van der Waals surface area contributed by atoms with Gasteiger partial charge < -0.3 is 0 Å². The summed E-state index contributed by atoms with van der Waals surface area (Å²) in [6.45, 7) is 1.70. The molecule has 98 valence electrons. The van der Waals surface area contributed by atoms with Gasteiger partial charge in [-0.1, -0.05) is 36.7 Å². The van der Waals surface area contributed by atoms with Crippen LogP contribution < -0.4 is 0 Å². The summed E-state index contributed by atoms with van der Waals surface area (Å²) in [5, 5.41) is -0.0978. The van der Waals surface area contributed by atoms with Gasteiger partial charge in [-0.05, 0) is 18.1 Å². The van der Waals surface area contributed by atoms with E-state index in [9.17, 15) is 13.2 Å². The molecule has 3 nitrogen and oxygen atoms in total. The third-order valence-electron chi connectivity index (χ3n) is 3.52. The van der Waals surface area contributed by atoms with E-state index in [0.29, 0.717) is 23.4 Å². The van der Waals surface area contributed by atoms with E-state index in [4.69, 9.17) is 11.6 Å². The molecule has 2 rings (SSSR count). The number of benzene rings is 1. The molecule has 2 unspecified atom stereocenters. The van der Waals surface area contributed by atoms with Gasteiger partial charge in [0.15, 0.2) is 9.84 Å². The summed E-state index contributed by atoms with van der Waals surface area (Å²) < 4.78 is 24.6. The van der Waals surface area contributed by atoms with Crippen molar-refractivity contribution < 1.29 is 13.2 Å². The Bertz CT molecular complexity index is 565. The molecule has 0 aromatic heterocycles. The monoisotopic (exact) mass is 286 g/mol. The molecule has 1 fully saturated rings. The van der Waals surface area contributed by atoms with Crippen LogP contribution in [0, 0.1) is 5.92 Å². The van der Waals surface area contributed by atoms with Crippen LogP contribution in [-0.2, 0) is 20.4 Å². The molecule has 0 radical (unpaired) electrons. The van der Waals surface area contributed by atoms with Gasteiger partial charge in [-0.15, -0.1) is 0 Å². The predicted molar refractivity (Wildman–Crippen MR) is 71.3 cm³/mol. The summed E-state index contributed by atoms with van der Waals surface area (Å²) in [7, 11) is -3.32. The molecule has 0 aliphatic heterocycles. The fourth-order valence-corrected chi connectivity index (χ4v) is 4.83. The van der Waals surface area contributed by atoms with Crippen molar-refractivity contribution in [3.8, 4) is 0 Å². The lowest BCUT2D eigenvalue weighted by Crippen LogP contribution is -2.27. The molecule has 0 bridgehead atoms. The molecule has 1 aromatic rings. The Hall–Kier alpha value is -0.870. The van der Waals surface area contributed by atoms with E-state index >= 15 is 0 Å². The van der Waals surface area contributed by atoms with Crippen molar-refractivity contribution in [2.24, 2.45) is 5.92 Å². The molecule has 0 spiro atoms. The molecule has 0 amide bonds. The number of sulfone groups is 1. The van der Waals surface area contributed by atoms with E-state index in [2.05, 4.69) is 0 Å². The SMILES string of the molecule is CC1C(=O)CCC1S(=O)(=O)Cc1ccccc1Cl. The number of halogens is 1. The van der Waals surface area contributed by atoms with Crippen molar-refractivity contribution in [1.29, 1.82) is 0 Å². The maximum absolute atomic E-state index is 12.3. The highest BCUT2D eigenvalue weighted by Crippen LogP contribution is 2.31. The maximum atomic E-state index is 12.3. The van der Waals surface area contributed by atoms with Gasteiger partial charge in [-0.2, -0.15) is 0 Å². The van der Waals surface area contributed by atoms with Crippen LogP contribution in [0.15, 0.2) is 24.3 Å². The minimum absolute atomic E-state index is 0.0442. The first-order valence-corrected chi connectivity index (χ1v) is 7.99. The molecule has 0 heterocycles. The number of carbonyl (C=O) groups excluding carboxylic acids is 1. The van der Waals surface area contributed by atoms with E-state index in [1.807, 2.05) is 0 Å². The van der Waals surface area contributed by atoms with Crippen molar-refractivity contribution in [1.82, 2.24) is 0 Å². The number of carbonyl (C=O) groups is 1. The smallest absolute Gasteiger partial charge is 0.158 e. The molecule has 2 atom stereocenters. The number of ketones is 1. The molecule has 1 aliphatic carbocycles. The van der Waals surface area contributed by atoms with E-state index in [-0.39, 0.29) is 11.5 Å². The second-order valence-corrected chi connectivity index (χ2v) is 7.36. The van der Waals surface area contributed by atoms with E-state index in [1.165, 1.54) is 0 Å². The first-order chi connectivity index (χ1) is 8.42. The Morgan fingerprint density at radius 3 is 2.56 bits per heavy atom. The number of hydrogen-bond donors (Lipinski definition) is 0. The van der Waals surface area contributed by atoms with Crippen LogP contribution in [0.5, 0.6) is 0 Å². The minimum Gasteiger partial charge on any atom is -0.299 e. The summed E-state index contributed by atoms with van der Waals surface area (Å²) in [4.78, 5) is 11.5. The zero-order valence-corrected chi connectivity index (χ0v) is 11.7. The van der Waals surface area contributed by atoms with E-state index < -0.39 is 21.0 Å². The van der Waals surface area contributed by atoms with Crippen molar-refractivity contribution in [3.63, 3.8) is 0 Å². The second-order valence-electron chi connectivity index (χ2n) is 4.73. The topological polar surface area (TPSA) is 51.2 Å². The van der Waals surface area contributed by atoms with Gasteiger partial charge in [-0.25, -0.2) is 8.42 Å². The molecule has 1 aromatic carbocycles. The van der Waals surface area contributed by atoms with Gasteiger partial charge in [0.1, 0.15) is 5.78 Å². The average Bonchev–Trinajstić information content (AvgIpc) is 2.63. The van der Waals surface area contributed by atoms with Gasteiger partial charge in [0.2, 0.25) is 0 Å². The third kappa shape index (κ3) is 2.59. The number of Topliss-reactive ketones (excluding diaryl/α,β-unsaturated/α-hetero) is 1. The molecular weight excluding hydrogens is 272 g/mol. The van der Waals surface area contributed by atoms with Crippen LogP contribution in [0.4, 0.5) is 0 Å². The van der Waals surface area contributed by atoms with Gasteiger partial charge >= 0.3 is 0 Å². The fourth-order valence-electron chi connectivity index (χ4n) is 2.40. The summed E-state index contributed by atoms with van der Waals surface area (Å²) >= 11 is 5.97. The average molecular weight is 287 g/mol. The highest BCUT2D eigenvalue weighted by molar-refractivity contribution is 7.91. The molecular formula is C13H15ClO3S. The Kier molecular flexibility index (Phi) is 3.78. The van der Waals surface area contributed by atoms with Crippen LogP contribution in [0.1, 0.15) is 25.3 Å². The summed E-state index contributed by atoms with van der Waals surface area (Å²) in [5.41, 5.74) is 0.603. The minimum atomic E-state index is -3.32. The van der Waals surface area contributed by atoms with Gasteiger partial charge in [-0.3, -0.25) is 4.79 Å². The summed E-state index contributed by atoms with van der Waals surface area (Å²) in [5.74, 6) is -0.435. The Morgan fingerprint density at radius 1 is 1.33 bits per heavy atom. The summed E-state index contributed by atoms with van der Waals surface area (Å²) in [6, 6.07) is 6.91. The lowest BCUT2D eigenvalue weighted by atomic mass is 10.1. The zero-order chi connectivity index (χ0) is 13.3. The molecule has 0 N–H and O–H groups in total. The standard InChI is InChI=1S/C13H15ClO3S/c1-9-12(15)6-7-13(9)18(16,17)8-10-4-2-3-5-11(10)14/h2-5,9,13H,6-8H2,1H3. The largest absolute Gasteiger partial charge is 0.299 e. The van der Waals surface area contributed by atoms with Crippen LogP contribution in [0.25, 0.3) is 0 Å². The van der Waals surface area contributed by atoms with Gasteiger partial charge in [0.25, 0.3) is 0 Å². The Balaban J connectivity index is 2.23. The molecule has 5 heteroatoms. The van der Waals surface area contributed by atoms with Crippen molar-refractivity contribution in [2.75, 3.05) is 0 Å². The highest BCUT2D eigenvalue weighted by Gasteiger charge is 2.39. The maximum Gasteiger partial charge on any atom is 0.158 e. The third-order valence-corrected chi connectivity index (χ3v) is 6.17. The van der Waals surface area contributed by atoms with Gasteiger partial charge in [0, 0.05) is 17.4 Å². The normalized spacial score (nSPS) is 24.4. The van der Waals surface area contributed by atoms with Crippen molar-refractivity contribution in [3.05, 3.63) is 34.9 Å². The second kappa shape index (κ2) is 5.02. The van der Waals surface area contributed by atoms with Crippen molar-refractivity contribution in [2.45, 2.75) is 30.8 Å². The van der Waals surface area contributed by atoms with Crippen LogP contribution >= 0.6 is 11.6 Å². The highest BCUT2D eigenvalue weighted by atomic mass is 35.5. The van der Waals surface area contributed by atoms with Crippen LogP contribution in [-0.4, -0.2) is 19.5 Å². The fraction of sp³-hybridized carbons (Fsp3) is 0.462. The number of rotatable bonds is 3. The Labute approximate surface area is 112 Å². The van der Waals surface area contributed by atoms with E-state index in [1.54, 1.807) is 31.2 Å². The van der Waals surface area contributed by atoms with Crippen LogP contribution in [0.2, 0.25) is 5.02 Å². The van der Waals surface area contributed by atoms with Gasteiger partial charge in [0.05, 0.1) is 11.0 Å². The summed E-state index contributed by atoms with van der Waals surface area (Å²) in [6.07, 6.45) is 0.806. The van der Waals surface area contributed by atoms with Crippen molar-refractivity contribution >= 4 is 27.2 Å². The predicted octanol–water partition coefficient (Wildman–Crippen LogP) is 2.62. The van der Waals surface area contributed by atoms with Crippen LogP contribution in [0.3, 0.4) is 0 Å². The number of hydrogen-bond acceptors (Lipinski definition) is 3. The first kappa shape index (κ1) is 13.6. The molecule has 1 aliphatic rings. The lowest BCUT2D eigenvalue weighted by molar-refractivity contribution is -0.120. The Morgan fingerprint density at radius 2 is 2.00 bits per heavy atom. The zero-order valence-electron chi connectivity index (χ0n) is 10.1. The van der Waals surface area contributed by atoms with E-state index in [0.717, 1.165) is 0 Å².